The van der Waals surface area contributed by atoms with Gasteiger partial charge in [-0.1, -0.05) is 12.8 Å². The lowest BCUT2D eigenvalue weighted by molar-refractivity contribution is -0.128. The van der Waals surface area contributed by atoms with E-state index in [1.54, 1.807) is 0 Å². The Morgan fingerprint density at radius 2 is 2.16 bits per heavy atom. The minimum Gasteiger partial charge on any atom is -0.326 e. The number of aromatic amines is 1. The Hall–Kier alpha value is -2.25. The van der Waals surface area contributed by atoms with Gasteiger partial charge in [-0.25, -0.2) is 4.98 Å². The van der Waals surface area contributed by atoms with Gasteiger partial charge in [0.25, 0.3) is 0 Å². The number of hydrogen-bond donors (Lipinski definition) is 4. The number of aromatic nitrogens is 3. The van der Waals surface area contributed by atoms with Crippen molar-refractivity contribution in [2.75, 3.05) is 18.4 Å². The van der Waals surface area contributed by atoms with Crippen LogP contribution in [-0.2, 0) is 11.3 Å². The van der Waals surface area contributed by atoms with Crippen molar-refractivity contribution in [1.29, 1.82) is 0 Å². The summed E-state index contributed by atoms with van der Waals surface area (Å²) in [7, 11) is 0. The number of H-pyrrole nitrogens is 1. The number of anilines is 1. The zero-order valence-electron chi connectivity index (χ0n) is 14.2. The van der Waals surface area contributed by atoms with E-state index in [9.17, 15) is 4.79 Å². The highest BCUT2D eigenvalue weighted by Gasteiger charge is 2.49. The Morgan fingerprint density at radius 1 is 1.32 bits per heavy atom. The molecule has 1 aromatic carbocycles. The molecule has 2 aromatic rings. The quantitative estimate of drug-likeness (QED) is 0.677. The van der Waals surface area contributed by atoms with Crippen LogP contribution in [0.25, 0.3) is 11.4 Å². The van der Waals surface area contributed by atoms with Gasteiger partial charge in [0, 0.05) is 17.8 Å². The molecular formula is C18H24N6O. The molecule has 5 N–H and O–H groups in total. The highest BCUT2D eigenvalue weighted by molar-refractivity contribution is 5.96. The van der Waals surface area contributed by atoms with Gasteiger partial charge in [0.05, 0.1) is 12.0 Å². The predicted molar refractivity (Wildman–Crippen MR) is 95.6 cm³/mol. The summed E-state index contributed by atoms with van der Waals surface area (Å²) >= 11 is 0. The normalized spacial score (nSPS) is 25.6. The fourth-order valence-electron chi connectivity index (χ4n) is 4.16. The van der Waals surface area contributed by atoms with Crippen LogP contribution in [0.3, 0.4) is 0 Å². The van der Waals surface area contributed by atoms with Crippen molar-refractivity contribution in [1.82, 2.24) is 20.5 Å². The highest BCUT2D eigenvalue weighted by Crippen LogP contribution is 2.44. The summed E-state index contributed by atoms with van der Waals surface area (Å²) in [5.74, 6) is 1.88. The Balaban J connectivity index is 1.48. The number of carbonyl (C=O) groups is 1. The first-order chi connectivity index (χ1) is 12.2. The van der Waals surface area contributed by atoms with E-state index in [1.807, 2.05) is 24.3 Å². The fourth-order valence-corrected chi connectivity index (χ4v) is 4.16. The van der Waals surface area contributed by atoms with Crippen LogP contribution < -0.4 is 16.4 Å². The number of hydrogen-bond acceptors (Lipinski definition) is 5. The van der Waals surface area contributed by atoms with Gasteiger partial charge in [0.1, 0.15) is 5.82 Å². The van der Waals surface area contributed by atoms with Gasteiger partial charge < -0.3 is 16.4 Å². The summed E-state index contributed by atoms with van der Waals surface area (Å²) in [6, 6.07) is 7.65. The molecule has 7 nitrogen and oxygen atoms in total. The molecule has 0 spiro atoms. The van der Waals surface area contributed by atoms with Crippen molar-refractivity contribution >= 4 is 11.6 Å². The number of nitrogens with zero attached hydrogens (tertiary/aromatic N) is 2. The Bertz CT molecular complexity index is 755. The van der Waals surface area contributed by atoms with Crippen LogP contribution in [0.15, 0.2) is 24.3 Å². The van der Waals surface area contributed by atoms with Gasteiger partial charge >= 0.3 is 0 Å². The van der Waals surface area contributed by atoms with E-state index >= 15 is 0 Å². The Morgan fingerprint density at radius 3 is 2.92 bits per heavy atom. The van der Waals surface area contributed by atoms with Crippen LogP contribution in [0.5, 0.6) is 0 Å². The monoisotopic (exact) mass is 340 g/mol. The number of benzene rings is 1. The first-order valence-electron chi connectivity index (χ1n) is 8.95. The molecule has 1 aliphatic carbocycles. The molecule has 0 radical (unpaired) electrons. The largest absolute Gasteiger partial charge is 0.326 e. The number of rotatable bonds is 4. The molecule has 2 fully saturated rings. The second-order valence-corrected chi connectivity index (χ2v) is 7.07. The zero-order chi connectivity index (χ0) is 17.3. The van der Waals surface area contributed by atoms with E-state index in [1.165, 1.54) is 6.42 Å². The van der Waals surface area contributed by atoms with Crippen molar-refractivity contribution in [3.8, 4) is 11.4 Å². The second-order valence-electron chi connectivity index (χ2n) is 7.07. The van der Waals surface area contributed by atoms with Crippen LogP contribution in [0.2, 0.25) is 0 Å². The van der Waals surface area contributed by atoms with Gasteiger partial charge in [-0.2, -0.15) is 5.10 Å². The lowest BCUT2D eigenvalue weighted by Crippen LogP contribution is -2.44. The summed E-state index contributed by atoms with van der Waals surface area (Å²) < 4.78 is 0. The maximum atomic E-state index is 13.0. The van der Waals surface area contributed by atoms with Gasteiger partial charge in [-0.3, -0.25) is 9.89 Å². The number of nitrogens with two attached hydrogens (primary N) is 1. The van der Waals surface area contributed by atoms with Crippen molar-refractivity contribution in [3.05, 3.63) is 30.1 Å². The lowest BCUT2D eigenvalue weighted by atomic mass is 9.67. The molecule has 1 aliphatic heterocycles. The molecule has 25 heavy (non-hydrogen) atoms. The van der Waals surface area contributed by atoms with Crippen LogP contribution >= 0.6 is 0 Å². The Kier molecular flexibility index (Phi) is 4.27. The molecule has 1 saturated carbocycles. The Labute approximate surface area is 146 Å². The molecule has 2 atom stereocenters. The molecule has 7 heteroatoms. The highest BCUT2D eigenvalue weighted by atomic mass is 16.2. The minimum absolute atomic E-state index is 0.151. The van der Waals surface area contributed by atoms with Gasteiger partial charge in [-0.15, -0.1) is 0 Å². The number of nitrogens with one attached hydrogen (secondary N) is 3. The molecule has 4 rings (SSSR count). The molecule has 1 aromatic heterocycles. The number of carbonyl (C=O) groups excluding carboxylic acids is 1. The maximum absolute atomic E-state index is 13.0. The summed E-state index contributed by atoms with van der Waals surface area (Å²) in [6.07, 6.45) is 4.50. The first-order valence-corrected chi connectivity index (χ1v) is 8.95. The average Bonchev–Trinajstić information content (AvgIpc) is 3.30. The molecular weight excluding hydrogens is 316 g/mol. The fraction of sp³-hybridized carbons (Fsp3) is 0.500. The van der Waals surface area contributed by atoms with Crippen molar-refractivity contribution in [2.45, 2.75) is 32.2 Å². The molecule has 132 valence electrons. The third-order valence-corrected chi connectivity index (χ3v) is 5.62. The van der Waals surface area contributed by atoms with E-state index < -0.39 is 0 Å². The molecule has 0 bridgehead atoms. The van der Waals surface area contributed by atoms with E-state index in [0.29, 0.717) is 24.1 Å². The summed E-state index contributed by atoms with van der Waals surface area (Å²) in [5, 5.41) is 13.5. The van der Waals surface area contributed by atoms with Crippen LogP contribution in [0.4, 0.5) is 5.69 Å². The van der Waals surface area contributed by atoms with Crippen molar-refractivity contribution < 1.29 is 4.79 Å². The first kappa shape index (κ1) is 16.2. The number of fused-ring (bicyclic) bond motifs is 1. The zero-order valence-corrected chi connectivity index (χ0v) is 14.2. The SMILES string of the molecule is NCc1nc(-c2ccc(NC(=O)[C@@]34CCCC[C@H]3CNC4)cc2)n[nH]1. The van der Waals surface area contributed by atoms with E-state index in [0.717, 1.165) is 43.6 Å². The van der Waals surface area contributed by atoms with Crippen molar-refractivity contribution in [2.24, 2.45) is 17.1 Å². The maximum Gasteiger partial charge on any atom is 0.232 e. The molecule has 0 unspecified atom stereocenters. The summed E-state index contributed by atoms with van der Waals surface area (Å²) in [6.45, 7) is 2.08. The van der Waals surface area contributed by atoms with E-state index in [4.69, 9.17) is 5.73 Å². The van der Waals surface area contributed by atoms with Crippen LogP contribution in [0, 0.1) is 11.3 Å². The number of amides is 1. The van der Waals surface area contributed by atoms with Crippen molar-refractivity contribution in [3.63, 3.8) is 0 Å². The lowest BCUT2D eigenvalue weighted by Gasteiger charge is -2.37. The van der Waals surface area contributed by atoms with Gasteiger partial charge in [-0.05, 0) is 49.6 Å². The molecule has 1 saturated heterocycles. The van der Waals surface area contributed by atoms with Gasteiger partial charge in [0.15, 0.2) is 5.82 Å². The predicted octanol–water partition coefficient (Wildman–Crippen LogP) is 1.65. The van der Waals surface area contributed by atoms with Crippen LogP contribution in [-0.4, -0.2) is 34.2 Å². The van der Waals surface area contributed by atoms with E-state index in [-0.39, 0.29) is 11.3 Å². The summed E-state index contributed by atoms with van der Waals surface area (Å²) in [4.78, 5) is 17.3. The second kappa shape index (κ2) is 6.57. The summed E-state index contributed by atoms with van der Waals surface area (Å²) in [5.41, 5.74) is 7.01. The average molecular weight is 340 g/mol. The standard InChI is InChI=1S/C18H24N6O/c19-9-15-22-16(24-23-15)12-4-6-14(7-5-12)21-17(25)18-8-2-1-3-13(18)10-20-11-18/h4-7,13,20H,1-3,8-11,19H2,(H,21,25)(H,22,23,24)/t13-,18+/m0/s1. The van der Waals surface area contributed by atoms with Crippen LogP contribution in [0.1, 0.15) is 31.5 Å². The molecule has 2 heterocycles. The van der Waals surface area contributed by atoms with Gasteiger partial charge in [0.2, 0.25) is 5.91 Å². The minimum atomic E-state index is -0.239. The molecule has 1 amide bonds. The topological polar surface area (TPSA) is 109 Å². The third-order valence-electron chi connectivity index (χ3n) is 5.62. The van der Waals surface area contributed by atoms with E-state index in [2.05, 4.69) is 25.8 Å². The third kappa shape index (κ3) is 2.94. The molecule has 2 aliphatic rings. The smallest absolute Gasteiger partial charge is 0.232 e.